The van der Waals surface area contributed by atoms with Crippen LogP contribution in [0.5, 0.6) is 5.75 Å². The van der Waals surface area contributed by atoms with Crippen LogP contribution in [0.1, 0.15) is 60.0 Å². The summed E-state index contributed by atoms with van der Waals surface area (Å²) in [5, 5.41) is 9.73. The normalized spacial score (nSPS) is 12.8. The van der Waals surface area contributed by atoms with Crippen LogP contribution < -0.4 is 4.74 Å². The van der Waals surface area contributed by atoms with Gasteiger partial charge in [0.05, 0.1) is 5.56 Å². The molecule has 0 aliphatic carbocycles. The maximum atomic E-state index is 12.7. The van der Waals surface area contributed by atoms with Crippen molar-refractivity contribution in [2.75, 3.05) is 0 Å². The van der Waals surface area contributed by atoms with Crippen LogP contribution in [0.3, 0.4) is 0 Å². The van der Waals surface area contributed by atoms with E-state index in [1.54, 1.807) is 25.3 Å². The number of halogens is 3. The van der Waals surface area contributed by atoms with Crippen molar-refractivity contribution >= 4 is 12.2 Å². The molecule has 4 rings (SSSR count). The van der Waals surface area contributed by atoms with Gasteiger partial charge in [-0.15, -0.1) is 0 Å². The minimum atomic E-state index is -4.36. The van der Waals surface area contributed by atoms with E-state index in [1.165, 1.54) is 24.0 Å². The van der Waals surface area contributed by atoms with Gasteiger partial charge in [0.2, 0.25) is 5.89 Å². The predicted molar refractivity (Wildman–Crippen MR) is 133 cm³/mol. The molecule has 0 fully saturated rings. The van der Waals surface area contributed by atoms with E-state index in [2.05, 4.69) is 9.97 Å². The second kappa shape index (κ2) is 11.9. The summed E-state index contributed by atoms with van der Waals surface area (Å²) in [5.41, 5.74) is 1.74. The summed E-state index contributed by atoms with van der Waals surface area (Å²) in [7, 11) is 0. The quantitative estimate of drug-likeness (QED) is 0.227. The Bertz CT molecular complexity index is 1290. The summed E-state index contributed by atoms with van der Waals surface area (Å²) < 4.78 is 51.2. The Balaban J connectivity index is 1.20. The molecule has 0 bridgehead atoms. The molecule has 0 aliphatic rings. The highest BCUT2D eigenvalue weighted by molar-refractivity contribution is 5.66. The maximum absolute atomic E-state index is 12.7. The van der Waals surface area contributed by atoms with Gasteiger partial charge in [-0.1, -0.05) is 24.3 Å². The average molecular weight is 512 g/mol. The maximum Gasteiger partial charge on any atom is 0.416 e. The molecule has 194 valence electrons. The number of ether oxygens (including phenoxy) is 1. The Kier molecular flexibility index (Phi) is 8.45. The molecule has 0 spiro atoms. The van der Waals surface area contributed by atoms with Gasteiger partial charge in [0.1, 0.15) is 36.2 Å². The molecule has 2 aromatic carbocycles. The smallest absolute Gasteiger partial charge is 0.416 e. The van der Waals surface area contributed by atoms with E-state index in [9.17, 15) is 18.3 Å². The van der Waals surface area contributed by atoms with Gasteiger partial charge in [0.25, 0.3) is 0 Å². The Morgan fingerprint density at radius 1 is 1.05 bits per heavy atom. The number of aliphatic hydroxyl groups excluding tert-OH is 1. The number of imidazole rings is 1. The largest absolute Gasteiger partial charge is 0.487 e. The molecule has 6 nitrogen and oxygen atoms in total. The van der Waals surface area contributed by atoms with Crippen molar-refractivity contribution in [2.45, 2.75) is 51.6 Å². The highest BCUT2D eigenvalue weighted by atomic mass is 19.4. The number of aryl methyl sites for hydroxylation is 2. The molecule has 0 aliphatic heterocycles. The number of rotatable bonds is 11. The van der Waals surface area contributed by atoms with E-state index in [1.807, 2.05) is 35.0 Å². The first-order valence-electron chi connectivity index (χ1n) is 12.0. The molecule has 0 saturated carbocycles. The number of aromatic nitrogens is 3. The first kappa shape index (κ1) is 26.2. The fourth-order valence-corrected chi connectivity index (χ4v) is 3.81. The van der Waals surface area contributed by atoms with Crippen LogP contribution in [0.4, 0.5) is 13.2 Å². The molecule has 0 saturated heterocycles. The summed E-state index contributed by atoms with van der Waals surface area (Å²) in [5.74, 6) is 1.74. The van der Waals surface area contributed by atoms with Crippen LogP contribution in [0.25, 0.3) is 12.2 Å². The SMILES string of the molecule is CC(O)c1nccn1CCCCc1ccc(OCc2coc(/C=C/c3ccc(C(F)(F)F)cc3)n2)cc1. The number of nitrogens with zero attached hydrogens (tertiary/aromatic N) is 3. The van der Waals surface area contributed by atoms with Gasteiger partial charge in [-0.2, -0.15) is 13.2 Å². The molecule has 1 unspecified atom stereocenters. The van der Waals surface area contributed by atoms with Gasteiger partial charge in [-0.05, 0) is 67.7 Å². The predicted octanol–water partition coefficient (Wildman–Crippen LogP) is 6.72. The Labute approximate surface area is 213 Å². The molecule has 4 aromatic rings. The van der Waals surface area contributed by atoms with E-state index in [4.69, 9.17) is 9.15 Å². The van der Waals surface area contributed by atoms with Gasteiger partial charge in [0.15, 0.2) is 0 Å². The Morgan fingerprint density at radius 3 is 2.51 bits per heavy atom. The molecule has 37 heavy (non-hydrogen) atoms. The van der Waals surface area contributed by atoms with E-state index >= 15 is 0 Å². The zero-order valence-electron chi connectivity index (χ0n) is 20.4. The number of unbranched alkanes of at least 4 members (excludes halogenated alkanes) is 1. The van der Waals surface area contributed by atoms with Crippen LogP contribution in [0.2, 0.25) is 0 Å². The van der Waals surface area contributed by atoms with Gasteiger partial charge < -0.3 is 18.8 Å². The third-order valence-electron chi connectivity index (χ3n) is 5.77. The highest BCUT2D eigenvalue weighted by Gasteiger charge is 2.29. The number of alkyl halides is 3. The Morgan fingerprint density at radius 2 is 1.81 bits per heavy atom. The summed E-state index contributed by atoms with van der Waals surface area (Å²) in [6.45, 7) is 2.77. The van der Waals surface area contributed by atoms with Crippen molar-refractivity contribution in [3.05, 3.63) is 101 Å². The number of oxazole rings is 1. The number of hydrogen-bond donors (Lipinski definition) is 1. The zero-order valence-corrected chi connectivity index (χ0v) is 20.4. The van der Waals surface area contributed by atoms with Crippen LogP contribution in [-0.2, 0) is 25.7 Å². The van der Waals surface area contributed by atoms with Crippen molar-refractivity contribution < 1.29 is 27.4 Å². The first-order chi connectivity index (χ1) is 17.8. The third-order valence-corrected chi connectivity index (χ3v) is 5.77. The number of hydrogen-bond acceptors (Lipinski definition) is 5. The monoisotopic (exact) mass is 511 g/mol. The van der Waals surface area contributed by atoms with Gasteiger partial charge in [-0.3, -0.25) is 0 Å². The second-order valence-electron chi connectivity index (χ2n) is 8.67. The lowest BCUT2D eigenvalue weighted by Gasteiger charge is -2.10. The molecule has 2 heterocycles. The first-order valence-corrected chi connectivity index (χ1v) is 12.0. The van der Waals surface area contributed by atoms with E-state index < -0.39 is 17.8 Å². The average Bonchev–Trinajstić information content (AvgIpc) is 3.54. The van der Waals surface area contributed by atoms with Crippen molar-refractivity contribution in [1.29, 1.82) is 0 Å². The van der Waals surface area contributed by atoms with E-state index in [-0.39, 0.29) is 6.61 Å². The second-order valence-corrected chi connectivity index (χ2v) is 8.67. The fraction of sp³-hybridized carbons (Fsp3) is 0.286. The lowest BCUT2D eigenvalue weighted by atomic mass is 10.1. The van der Waals surface area contributed by atoms with Crippen molar-refractivity contribution in [2.24, 2.45) is 0 Å². The van der Waals surface area contributed by atoms with Crippen molar-refractivity contribution in [1.82, 2.24) is 14.5 Å². The summed E-state index contributed by atoms with van der Waals surface area (Å²) >= 11 is 0. The van der Waals surface area contributed by atoms with Crippen LogP contribution in [0.15, 0.2) is 71.6 Å². The topological polar surface area (TPSA) is 73.3 Å². The highest BCUT2D eigenvalue weighted by Crippen LogP contribution is 2.29. The lowest BCUT2D eigenvalue weighted by molar-refractivity contribution is -0.137. The molecule has 2 aromatic heterocycles. The van der Waals surface area contributed by atoms with Gasteiger partial charge in [0, 0.05) is 25.0 Å². The minimum Gasteiger partial charge on any atom is -0.487 e. The molecule has 1 N–H and O–H groups in total. The standard InChI is InChI=1S/C28H28F3N3O3/c1-20(35)27-32-15-17-34(27)16-3-2-4-21-7-12-25(13-8-21)36-18-24-19-37-26(33-24)14-9-22-5-10-23(11-6-22)28(29,30)31/h5-15,17,19-20,35H,2-4,16,18H2,1H3/b14-9+. The van der Waals surface area contributed by atoms with Crippen LogP contribution >= 0.6 is 0 Å². The molecule has 0 radical (unpaired) electrons. The summed E-state index contributed by atoms with van der Waals surface area (Å²) in [6.07, 6.45) is 6.33. The van der Waals surface area contributed by atoms with Crippen molar-refractivity contribution in [3.8, 4) is 5.75 Å². The van der Waals surface area contributed by atoms with E-state index in [0.717, 1.165) is 37.9 Å². The summed E-state index contributed by atoms with van der Waals surface area (Å²) in [4.78, 5) is 8.51. The molecule has 9 heteroatoms. The van der Waals surface area contributed by atoms with Gasteiger partial charge >= 0.3 is 6.18 Å². The van der Waals surface area contributed by atoms with Crippen LogP contribution in [0, 0.1) is 0 Å². The van der Waals surface area contributed by atoms with E-state index in [0.29, 0.717) is 28.7 Å². The minimum absolute atomic E-state index is 0.230. The number of aliphatic hydroxyl groups is 1. The summed E-state index contributed by atoms with van der Waals surface area (Å²) in [6, 6.07) is 12.8. The Hall–Kier alpha value is -3.85. The lowest BCUT2D eigenvalue weighted by Crippen LogP contribution is -2.06. The zero-order chi connectivity index (χ0) is 26.3. The molecule has 1 atom stereocenters. The van der Waals surface area contributed by atoms with Crippen LogP contribution in [-0.4, -0.2) is 19.6 Å². The van der Waals surface area contributed by atoms with Crippen molar-refractivity contribution in [3.63, 3.8) is 0 Å². The van der Waals surface area contributed by atoms with Gasteiger partial charge in [-0.25, -0.2) is 9.97 Å². The fourth-order valence-electron chi connectivity index (χ4n) is 3.81. The third kappa shape index (κ3) is 7.57. The number of benzene rings is 2. The molecular formula is C28H28F3N3O3. The molecule has 0 amide bonds. The molecular weight excluding hydrogens is 483 g/mol.